The Labute approximate surface area is 101 Å². The lowest BCUT2D eigenvalue weighted by Crippen LogP contribution is -2.67. The standard InChI is InChI=1S/C11H19N3OS/c1-10(2)9(5-11(10,3)15-4)12-6-8-7-16-14-13-8/h7,9,12H,5-6H2,1-4H3. The van der Waals surface area contributed by atoms with Gasteiger partial charge >= 0.3 is 0 Å². The molecule has 90 valence electrons. The third kappa shape index (κ3) is 1.77. The minimum absolute atomic E-state index is 0.00894. The van der Waals surface area contributed by atoms with Crippen LogP contribution in [0.5, 0.6) is 0 Å². The number of rotatable bonds is 4. The Kier molecular flexibility index (Phi) is 3.03. The minimum Gasteiger partial charge on any atom is -0.378 e. The summed E-state index contributed by atoms with van der Waals surface area (Å²) in [7, 11) is 1.79. The highest BCUT2D eigenvalue weighted by Gasteiger charge is 2.57. The van der Waals surface area contributed by atoms with Crippen molar-refractivity contribution in [3.8, 4) is 0 Å². The predicted octanol–water partition coefficient (Wildman–Crippen LogP) is 1.83. The van der Waals surface area contributed by atoms with Crippen LogP contribution in [0.3, 0.4) is 0 Å². The molecule has 1 aromatic rings. The van der Waals surface area contributed by atoms with E-state index in [0.717, 1.165) is 18.7 Å². The molecular formula is C11H19N3OS. The summed E-state index contributed by atoms with van der Waals surface area (Å²) in [5.41, 5.74) is 1.17. The molecule has 5 heteroatoms. The van der Waals surface area contributed by atoms with Crippen LogP contribution in [-0.4, -0.2) is 28.3 Å². The number of hydrogen-bond acceptors (Lipinski definition) is 5. The van der Waals surface area contributed by atoms with Gasteiger partial charge < -0.3 is 10.1 Å². The normalized spacial score (nSPS) is 32.4. The van der Waals surface area contributed by atoms with Gasteiger partial charge in [0.15, 0.2) is 0 Å². The van der Waals surface area contributed by atoms with E-state index in [4.69, 9.17) is 4.74 Å². The van der Waals surface area contributed by atoms with Crippen molar-refractivity contribution in [3.05, 3.63) is 11.1 Å². The first-order chi connectivity index (χ1) is 7.49. The molecule has 0 aliphatic heterocycles. The number of nitrogens with one attached hydrogen (secondary N) is 1. The molecule has 1 heterocycles. The van der Waals surface area contributed by atoms with Gasteiger partial charge in [-0.15, -0.1) is 5.10 Å². The Morgan fingerprint density at radius 1 is 1.56 bits per heavy atom. The molecule has 2 atom stereocenters. The summed E-state index contributed by atoms with van der Waals surface area (Å²) in [5.74, 6) is 0. The molecule has 1 saturated carbocycles. The first-order valence-corrected chi connectivity index (χ1v) is 6.38. The van der Waals surface area contributed by atoms with Gasteiger partial charge in [-0.2, -0.15) is 0 Å². The molecule has 1 aliphatic rings. The highest BCUT2D eigenvalue weighted by molar-refractivity contribution is 7.03. The zero-order chi connectivity index (χ0) is 11.8. The summed E-state index contributed by atoms with van der Waals surface area (Å²) in [5, 5.41) is 9.53. The fraction of sp³-hybridized carbons (Fsp3) is 0.818. The van der Waals surface area contributed by atoms with Crippen molar-refractivity contribution >= 4 is 11.5 Å². The van der Waals surface area contributed by atoms with Crippen LogP contribution < -0.4 is 5.32 Å². The van der Waals surface area contributed by atoms with Crippen molar-refractivity contribution in [2.75, 3.05) is 7.11 Å². The second kappa shape index (κ2) is 4.05. The summed E-state index contributed by atoms with van der Waals surface area (Å²) in [6.45, 7) is 7.47. The van der Waals surface area contributed by atoms with E-state index in [2.05, 4.69) is 35.7 Å². The molecule has 0 aromatic carbocycles. The molecule has 2 unspecified atom stereocenters. The maximum Gasteiger partial charge on any atom is 0.0893 e. The maximum atomic E-state index is 5.59. The first kappa shape index (κ1) is 12.0. The topological polar surface area (TPSA) is 47.0 Å². The van der Waals surface area contributed by atoms with Crippen LogP contribution in [0, 0.1) is 5.41 Å². The minimum atomic E-state index is -0.00894. The van der Waals surface area contributed by atoms with E-state index in [1.807, 2.05) is 5.38 Å². The Morgan fingerprint density at radius 3 is 2.81 bits per heavy atom. The van der Waals surface area contributed by atoms with Crippen molar-refractivity contribution in [1.29, 1.82) is 0 Å². The molecule has 0 saturated heterocycles. The van der Waals surface area contributed by atoms with Crippen molar-refractivity contribution in [2.45, 2.75) is 45.4 Å². The lowest BCUT2D eigenvalue weighted by molar-refractivity contribution is -0.180. The van der Waals surface area contributed by atoms with Gasteiger partial charge in [0.05, 0.1) is 11.3 Å². The fourth-order valence-electron chi connectivity index (χ4n) is 2.31. The van der Waals surface area contributed by atoms with E-state index < -0.39 is 0 Å². The Balaban J connectivity index is 1.90. The zero-order valence-corrected chi connectivity index (χ0v) is 11.1. The van der Waals surface area contributed by atoms with E-state index in [-0.39, 0.29) is 11.0 Å². The summed E-state index contributed by atoms with van der Waals surface area (Å²) in [6, 6.07) is 0.485. The van der Waals surface area contributed by atoms with Crippen molar-refractivity contribution in [2.24, 2.45) is 5.41 Å². The number of methoxy groups -OCH3 is 1. The summed E-state index contributed by atoms with van der Waals surface area (Å²) >= 11 is 1.40. The quantitative estimate of drug-likeness (QED) is 0.873. The zero-order valence-electron chi connectivity index (χ0n) is 10.3. The molecule has 1 N–H and O–H groups in total. The molecule has 0 spiro atoms. The van der Waals surface area contributed by atoms with Gasteiger partial charge in [-0.3, -0.25) is 0 Å². The van der Waals surface area contributed by atoms with Crippen LogP contribution in [0.25, 0.3) is 0 Å². The molecule has 16 heavy (non-hydrogen) atoms. The summed E-state index contributed by atoms with van der Waals surface area (Å²) in [4.78, 5) is 0. The highest BCUT2D eigenvalue weighted by atomic mass is 32.1. The van der Waals surface area contributed by atoms with E-state index in [1.165, 1.54) is 11.5 Å². The summed E-state index contributed by atoms with van der Waals surface area (Å²) in [6.07, 6.45) is 1.05. The van der Waals surface area contributed by atoms with Crippen molar-refractivity contribution < 1.29 is 4.74 Å². The van der Waals surface area contributed by atoms with E-state index in [9.17, 15) is 0 Å². The van der Waals surface area contributed by atoms with E-state index >= 15 is 0 Å². The molecule has 4 nitrogen and oxygen atoms in total. The molecule has 1 aliphatic carbocycles. The first-order valence-electron chi connectivity index (χ1n) is 5.54. The van der Waals surface area contributed by atoms with Crippen LogP contribution >= 0.6 is 11.5 Å². The monoisotopic (exact) mass is 241 g/mol. The maximum absolute atomic E-state index is 5.59. The molecule has 0 amide bonds. The Hall–Kier alpha value is -0.520. The fourth-order valence-corrected chi connectivity index (χ4v) is 2.76. The highest BCUT2D eigenvalue weighted by Crippen LogP contribution is 2.51. The second-order valence-corrected chi connectivity index (χ2v) is 5.80. The van der Waals surface area contributed by atoms with E-state index in [1.54, 1.807) is 7.11 Å². The molecule has 1 aromatic heterocycles. The third-order valence-electron chi connectivity index (χ3n) is 4.21. The largest absolute Gasteiger partial charge is 0.378 e. The average molecular weight is 241 g/mol. The molecule has 0 bridgehead atoms. The van der Waals surface area contributed by atoms with Crippen LogP contribution in [0.4, 0.5) is 0 Å². The molecule has 0 radical (unpaired) electrons. The van der Waals surface area contributed by atoms with Crippen LogP contribution in [0.15, 0.2) is 5.38 Å². The molecular weight excluding hydrogens is 222 g/mol. The van der Waals surface area contributed by atoms with Crippen LogP contribution in [0.1, 0.15) is 32.9 Å². The van der Waals surface area contributed by atoms with Gasteiger partial charge in [-0.25, -0.2) is 0 Å². The number of nitrogens with zero attached hydrogens (tertiary/aromatic N) is 2. The lowest BCUT2D eigenvalue weighted by Gasteiger charge is -2.59. The Bertz CT molecular complexity index is 352. The summed E-state index contributed by atoms with van der Waals surface area (Å²) < 4.78 is 9.44. The Morgan fingerprint density at radius 2 is 2.31 bits per heavy atom. The van der Waals surface area contributed by atoms with Gasteiger partial charge in [-0.05, 0) is 24.9 Å². The van der Waals surface area contributed by atoms with Gasteiger partial charge in [0.1, 0.15) is 0 Å². The van der Waals surface area contributed by atoms with Crippen molar-refractivity contribution in [3.63, 3.8) is 0 Å². The van der Waals surface area contributed by atoms with Gasteiger partial charge in [-0.1, -0.05) is 18.3 Å². The van der Waals surface area contributed by atoms with E-state index in [0.29, 0.717) is 6.04 Å². The molecule has 1 fully saturated rings. The third-order valence-corrected chi connectivity index (χ3v) is 4.77. The number of aromatic nitrogens is 2. The van der Waals surface area contributed by atoms with Gasteiger partial charge in [0, 0.05) is 30.5 Å². The lowest BCUT2D eigenvalue weighted by atomic mass is 9.56. The number of ether oxygens (including phenoxy) is 1. The van der Waals surface area contributed by atoms with Gasteiger partial charge in [0.2, 0.25) is 0 Å². The molecule has 2 rings (SSSR count). The SMILES string of the molecule is COC1(C)CC(NCc2csnn2)C1(C)C. The smallest absolute Gasteiger partial charge is 0.0893 e. The van der Waals surface area contributed by atoms with Gasteiger partial charge in [0.25, 0.3) is 0 Å². The van der Waals surface area contributed by atoms with Crippen LogP contribution in [0.2, 0.25) is 0 Å². The second-order valence-electron chi connectivity index (χ2n) is 5.19. The average Bonchev–Trinajstić information content (AvgIpc) is 2.76. The predicted molar refractivity (Wildman–Crippen MR) is 64.3 cm³/mol. The van der Waals surface area contributed by atoms with Crippen molar-refractivity contribution in [1.82, 2.24) is 14.9 Å². The van der Waals surface area contributed by atoms with Crippen LogP contribution in [-0.2, 0) is 11.3 Å². The number of hydrogen-bond donors (Lipinski definition) is 1.